The van der Waals surface area contributed by atoms with Crippen LogP contribution in [0.25, 0.3) is 0 Å². The Balaban J connectivity index is 2.27. The lowest BCUT2D eigenvalue weighted by atomic mass is 10.2. The fourth-order valence-corrected chi connectivity index (χ4v) is 1.60. The molecule has 0 unspecified atom stereocenters. The minimum Gasteiger partial charge on any atom is -0.335 e. The van der Waals surface area contributed by atoms with Gasteiger partial charge in [0.2, 0.25) is 0 Å². The normalized spacial score (nSPS) is 10.6. The molecule has 0 saturated carbocycles. The Kier molecular flexibility index (Phi) is 4.91. The lowest BCUT2D eigenvalue weighted by Gasteiger charge is -2.05. The second-order valence-electron chi connectivity index (χ2n) is 3.14. The minimum atomic E-state index is 0.782. The highest BCUT2D eigenvalue weighted by Crippen LogP contribution is 2.04. The molecule has 0 aliphatic heterocycles. The van der Waals surface area contributed by atoms with Crippen molar-refractivity contribution in [3.8, 4) is 0 Å². The summed E-state index contributed by atoms with van der Waals surface area (Å²) in [5, 5.41) is 0. The number of unbranched alkanes of at least 4 members (excludes halogenated alkanes) is 2. The first-order valence-corrected chi connectivity index (χ1v) is 5.48. The number of aryl methyl sites for hydroxylation is 2. The molecule has 0 atom stereocenters. The Hall–Kier alpha value is -0.500. The van der Waals surface area contributed by atoms with E-state index in [9.17, 15) is 0 Å². The number of nitrogens with zero attached hydrogens (tertiary/aromatic N) is 2. The van der Waals surface area contributed by atoms with Crippen molar-refractivity contribution in [1.82, 2.24) is 9.55 Å². The Labute approximate surface area is 84.9 Å². The van der Waals surface area contributed by atoms with E-state index in [0.717, 1.165) is 25.3 Å². The maximum Gasteiger partial charge on any atom is 0.108 e. The number of alkyl halides is 1. The molecule has 3 heteroatoms. The van der Waals surface area contributed by atoms with Crippen molar-refractivity contribution in [3.05, 3.63) is 18.2 Å². The quantitative estimate of drug-likeness (QED) is 0.510. The van der Waals surface area contributed by atoms with Crippen molar-refractivity contribution in [2.24, 2.45) is 0 Å². The molecule has 1 rings (SSSR count). The average Bonchev–Trinajstić information content (AvgIpc) is 2.60. The summed E-state index contributed by atoms with van der Waals surface area (Å²) in [5.41, 5.74) is 0. The number of aromatic nitrogens is 2. The first-order valence-electron chi connectivity index (χ1n) is 4.94. The lowest BCUT2D eigenvalue weighted by Crippen LogP contribution is -2.01. The van der Waals surface area contributed by atoms with Gasteiger partial charge in [-0.2, -0.15) is 0 Å². The van der Waals surface area contributed by atoms with Crippen LogP contribution in [0.15, 0.2) is 12.4 Å². The molecule has 0 fully saturated rings. The van der Waals surface area contributed by atoms with Gasteiger partial charge in [-0.15, -0.1) is 11.6 Å². The second kappa shape index (κ2) is 6.03. The van der Waals surface area contributed by atoms with Gasteiger partial charge in [-0.3, -0.25) is 0 Å². The van der Waals surface area contributed by atoms with Crippen LogP contribution in [0, 0.1) is 0 Å². The fraction of sp³-hybridized carbons (Fsp3) is 0.700. The minimum absolute atomic E-state index is 0.782. The molecule has 13 heavy (non-hydrogen) atoms. The van der Waals surface area contributed by atoms with E-state index in [1.54, 1.807) is 0 Å². The molecule has 0 amide bonds. The SMILES string of the molecule is CCc1nccn1CCCCCCl. The van der Waals surface area contributed by atoms with E-state index >= 15 is 0 Å². The molecule has 0 saturated heterocycles. The molecule has 0 aliphatic rings. The van der Waals surface area contributed by atoms with Gasteiger partial charge in [0.25, 0.3) is 0 Å². The third-order valence-electron chi connectivity index (χ3n) is 2.15. The average molecular weight is 201 g/mol. The monoisotopic (exact) mass is 200 g/mol. The van der Waals surface area contributed by atoms with Gasteiger partial charge < -0.3 is 4.57 Å². The Morgan fingerprint density at radius 2 is 2.23 bits per heavy atom. The van der Waals surface area contributed by atoms with Gasteiger partial charge in [0.05, 0.1) is 0 Å². The van der Waals surface area contributed by atoms with Crippen LogP contribution in [0.2, 0.25) is 0 Å². The third kappa shape index (κ3) is 3.39. The smallest absolute Gasteiger partial charge is 0.108 e. The number of halogens is 1. The zero-order chi connectivity index (χ0) is 9.52. The summed E-state index contributed by atoms with van der Waals surface area (Å²) in [6.07, 6.45) is 8.49. The second-order valence-corrected chi connectivity index (χ2v) is 3.52. The lowest BCUT2D eigenvalue weighted by molar-refractivity contribution is 0.583. The van der Waals surface area contributed by atoms with Crippen molar-refractivity contribution in [2.75, 3.05) is 5.88 Å². The molecule has 0 N–H and O–H groups in total. The zero-order valence-corrected chi connectivity index (χ0v) is 8.93. The number of hydrogen-bond donors (Lipinski definition) is 0. The molecule has 74 valence electrons. The molecule has 0 bridgehead atoms. The summed E-state index contributed by atoms with van der Waals surface area (Å²) in [6.45, 7) is 3.22. The van der Waals surface area contributed by atoms with E-state index in [-0.39, 0.29) is 0 Å². The van der Waals surface area contributed by atoms with Crippen molar-refractivity contribution >= 4 is 11.6 Å². The number of hydrogen-bond acceptors (Lipinski definition) is 1. The number of imidazole rings is 1. The Morgan fingerprint density at radius 3 is 2.92 bits per heavy atom. The van der Waals surface area contributed by atoms with Crippen molar-refractivity contribution in [1.29, 1.82) is 0 Å². The highest BCUT2D eigenvalue weighted by atomic mass is 35.5. The van der Waals surface area contributed by atoms with E-state index in [1.807, 2.05) is 6.20 Å². The van der Waals surface area contributed by atoms with E-state index < -0.39 is 0 Å². The number of rotatable bonds is 6. The molecular formula is C10H17ClN2. The summed E-state index contributed by atoms with van der Waals surface area (Å²) >= 11 is 5.60. The van der Waals surface area contributed by atoms with Gasteiger partial charge >= 0.3 is 0 Å². The van der Waals surface area contributed by atoms with Gasteiger partial charge in [0, 0.05) is 31.2 Å². The van der Waals surface area contributed by atoms with E-state index in [0.29, 0.717) is 0 Å². The summed E-state index contributed by atoms with van der Waals surface area (Å²) in [7, 11) is 0. The van der Waals surface area contributed by atoms with Crippen LogP contribution in [-0.4, -0.2) is 15.4 Å². The van der Waals surface area contributed by atoms with Gasteiger partial charge in [-0.05, 0) is 12.8 Å². The highest BCUT2D eigenvalue weighted by Gasteiger charge is 1.98. The van der Waals surface area contributed by atoms with Gasteiger partial charge in [0.1, 0.15) is 5.82 Å². The highest BCUT2D eigenvalue weighted by molar-refractivity contribution is 6.17. The summed E-state index contributed by atoms with van der Waals surface area (Å²) in [6, 6.07) is 0. The van der Waals surface area contributed by atoms with Crippen LogP contribution >= 0.6 is 11.6 Å². The fourth-order valence-electron chi connectivity index (χ4n) is 1.41. The third-order valence-corrected chi connectivity index (χ3v) is 2.42. The topological polar surface area (TPSA) is 17.8 Å². The molecule has 1 aromatic heterocycles. The predicted molar refractivity (Wildman–Crippen MR) is 56.2 cm³/mol. The van der Waals surface area contributed by atoms with Gasteiger partial charge in [-0.1, -0.05) is 13.3 Å². The van der Waals surface area contributed by atoms with E-state index in [2.05, 4.69) is 22.7 Å². The van der Waals surface area contributed by atoms with Crippen molar-refractivity contribution in [3.63, 3.8) is 0 Å². The van der Waals surface area contributed by atoms with E-state index in [1.165, 1.54) is 18.7 Å². The maximum atomic E-state index is 5.60. The molecule has 1 aromatic rings. The van der Waals surface area contributed by atoms with Crippen LogP contribution in [0.4, 0.5) is 0 Å². The summed E-state index contributed by atoms with van der Waals surface area (Å²) < 4.78 is 2.23. The van der Waals surface area contributed by atoms with Gasteiger partial charge in [-0.25, -0.2) is 4.98 Å². The molecule has 0 radical (unpaired) electrons. The van der Waals surface area contributed by atoms with E-state index in [4.69, 9.17) is 11.6 Å². The summed E-state index contributed by atoms with van der Waals surface area (Å²) in [5.74, 6) is 1.97. The van der Waals surface area contributed by atoms with Crippen LogP contribution < -0.4 is 0 Å². The standard InChI is InChI=1S/C10H17ClN2/c1-2-10-12-7-9-13(10)8-5-3-4-6-11/h7,9H,2-6,8H2,1H3. The van der Waals surface area contributed by atoms with Crippen LogP contribution in [0.1, 0.15) is 32.0 Å². The molecule has 2 nitrogen and oxygen atoms in total. The van der Waals surface area contributed by atoms with Gasteiger partial charge in [0.15, 0.2) is 0 Å². The predicted octanol–water partition coefficient (Wildman–Crippen LogP) is 2.85. The molecular weight excluding hydrogens is 184 g/mol. The first-order chi connectivity index (χ1) is 6.38. The Bertz CT molecular complexity index is 233. The largest absolute Gasteiger partial charge is 0.335 e. The molecule has 1 heterocycles. The van der Waals surface area contributed by atoms with Crippen molar-refractivity contribution in [2.45, 2.75) is 39.2 Å². The van der Waals surface area contributed by atoms with Crippen LogP contribution in [-0.2, 0) is 13.0 Å². The first kappa shape index (κ1) is 10.6. The molecule has 0 spiro atoms. The maximum absolute atomic E-state index is 5.60. The molecule has 0 aliphatic carbocycles. The molecule has 0 aromatic carbocycles. The zero-order valence-electron chi connectivity index (χ0n) is 8.17. The van der Waals surface area contributed by atoms with Crippen LogP contribution in [0.5, 0.6) is 0 Å². The Morgan fingerprint density at radius 1 is 1.38 bits per heavy atom. The van der Waals surface area contributed by atoms with Crippen LogP contribution in [0.3, 0.4) is 0 Å². The summed E-state index contributed by atoms with van der Waals surface area (Å²) in [4.78, 5) is 4.27. The van der Waals surface area contributed by atoms with Crippen molar-refractivity contribution < 1.29 is 0 Å².